The van der Waals surface area contributed by atoms with E-state index >= 15 is 0 Å². The summed E-state index contributed by atoms with van der Waals surface area (Å²) in [5, 5.41) is 11.1. The summed E-state index contributed by atoms with van der Waals surface area (Å²) in [6.07, 6.45) is 0. The highest BCUT2D eigenvalue weighted by molar-refractivity contribution is 6.31. The van der Waals surface area contributed by atoms with Gasteiger partial charge in [-0.05, 0) is 57.2 Å². The molecule has 0 spiro atoms. The molecule has 0 aliphatic carbocycles. The molecule has 0 radical (unpaired) electrons. The predicted octanol–water partition coefficient (Wildman–Crippen LogP) is 4.60. The van der Waals surface area contributed by atoms with Crippen LogP contribution >= 0.6 is 11.6 Å². The van der Waals surface area contributed by atoms with Crippen molar-refractivity contribution < 1.29 is 19.0 Å². The normalized spacial score (nSPS) is 11.2. The summed E-state index contributed by atoms with van der Waals surface area (Å²) in [5.74, 6) is 1.37. The first-order valence-corrected chi connectivity index (χ1v) is 11.4. The fourth-order valence-electron chi connectivity index (χ4n) is 3.60. The lowest BCUT2D eigenvalue weighted by molar-refractivity contribution is 0.0976. The summed E-state index contributed by atoms with van der Waals surface area (Å²) >= 11 is 6.19. The molecule has 2 N–H and O–H groups in total. The third-order valence-corrected chi connectivity index (χ3v) is 5.75. The van der Waals surface area contributed by atoms with Crippen molar-refractivity contribution >= 4 is 29.2 Å². The van der Waals surface area contributed by atoms with Gasteiger partial charge in [0.25, 0.3) is 5.91 Å². The van der Waals surface area contributed by atoms with Gasteiger partial charge < -0.3 is 19.5 Å². The number of nitrogens with zero attached hydrogens (tertiary/aromatic N) is 3. The molecule has 0 unspecified atom stereocenters. The van der Waals surface area contributed by atoms with Gasteiger partial charge in [-0.1, -0.05) is 11.6 Å². The Morgan fingerprint density at radius 1 is 1.03 bits per heavy atom. The van der Waals surface area contributed by atoms with Crippen LogP contribution in [0.3, 0.4) is 0 Å². The number of aromatic nitrogens is 2. The van der Waals surface area contributed by atoms with E-state index < -0.39 is 0 Å². The number of carbonyl (C=O) groups excluding carboxylic acids is 1. The van der Waals surface area contributed by atoms with E-state index in [-0.39, 0.29) is 11.9 Å². The Morgan fingerprint density at radius 3 is 2.34 bits per heavy atom. The van der Waals surface area contributed by atoms with Gasteiger partial charge in [0, 0.05) is 28.4 Å². The number of benzene rings is 2. The molecule has 3 rings (SSSR count). The maximum Gasteiger partial charge on any atom is 0.258 e. The van der Waals surface area contributed by atoms with Gasteiger partial charge in [0.1, 0.15) is 5.75 Å². The van der Waals surface area contributed by atoms with Crippen molar-refractivity contribution in [3.05, 3.63) is 63.9 Å². The molecule has 0 atom stereocenters. The molecule has 0 bridgehead atoms. The molecule has 1 heterocycles. The van der Waals surface area contributed by atoms with Gasteiger partial charge >= 0.3 is 0 Å². The first kappa shape index (κ1) is 25.9. The summed E-state index contributed by atoms with van der Waals surface area (Å²) in [7, 11) is 4.61. The zero-order chi connectivity index (χ0) is 25.5. The van der Waals surface area contributed by atoms with E-state index in [4.69, 9.17) is 25.8 Å². The van der Waals surface area contributed by atoms with E-state index in [9.17, 15) is 4.79 Å². The molecule has 3 aromatic rings. The van der Waals surface area contributed by atoms with Gasteiger partial charge in [-0.2, -0.15) is 5.10 Å². The smallest absolute Gasteiger partial charge is 0.258 e. The maximum absolute atomic E-state index is 13.1. The van der Waals surface area contributed by atoms with Gasteiger partial charge in [0.2, 0.25) is 5.96 Å². The largest absolute Gasteiger partial charge is 0.495 e. The minimum atomic E-state index is -0.379. The van der Waals surface area contributed by atoms with Crippen LogP contribution in [-0.4, -0.2) is 43.0 Å². The van der Waals surface area contributed by atoms with Crippen LogP contribution in [0.2, 0.25) is 5.02 Å². The van der Waals surface area contributed by atoms with E-state index in [2.05, 4.69) is 20.7 Å². The van der Waals surface area contributed by atoms with Gasteiger partial charge in [0.15, 0.2) is 11.5 Å². The van der Waals surface area contributed by atoms with Gasteiger partial charge in [-0.15, -0.1) is 0 Å². The van der Waals surface area contributed by atoms with Crippen molar-refractivity contribution in [1.82, 2.24) is 15.1 Å². The number of anilines is 1. The number of carbonyl (C=O) groups is 1. The first-order chi connectivity index (χ1) is 16.8. The zero-order valence-corrected chi connectivity index (χ0v) is 21.5. The fraction of sp³-hybridized carbons (Fsp3) is 0.320. The summed E-state index contributed by atoms with van der Waals surface area (Å²) in [4.78, 5) is 17.8. The number of amides is 1. The van der Waals surface area contributed by atoms with Crippen molar-refractivity contribution in [1.29, 1.82) is 0 Å². The third kappa shape index (κ3) is 6.05. The number of hydrogen-bond donors (Lipinski definition) is 2. The van der Waals surface area contributed by atoms with Crippen molar-refractivity contribution in [3.63, 3.8) is 0 Å². The highest BCUT2D eigenvalue weighted by Crippen LogP contribution is 2.29. The second-order valence-electron chi connectivity index (χ2n) is 7.62. The Balaban J connectivity index is 1.95. The standard InChI is InChI=1S/C25H30ClN5O4/c1-7-31-16(3)19(15(2)30-31)14-27-25(28-20-13-18(26)9-11-21(20)33-4)29-24(32)17-8-10-22(34-5)23(12-17)35-6/h8-13H,7,14H2,1-6H3,(H2,27,28,29,32). The van der Waals surface area contributed by atoms with E-state index in [1.807, 2.05) is 25.5 Å². The summed E-state index contributed by atoms with van der Waals surface area (Å²) in [6.45, 7) is 7.06. The van der Waals surface area contributed by atoms with Crippen LogP contribution < -0.4 is 24.8 Å². The second-order valence-corrected chi connectivity index (χ2v) is 8.06. The molecule has 2 aromatic carbocycles. The van der Waals surface area contributed by atoms with Crippen LogP contribution in [-0.2, 0) is 13.1 Å². The molecule has 1 amide bonds. The molecule has 0 aliphatic heterocycles. The molecule has 186 valence electrons. The van der Waals surface area contributed by atoms with E-state index in [1.54, 1.807) is 43.5 Å². The Kier molecular flexibility index (Phi) is 8.59. The molecular weight excluding hydrogens is 470 g/mol. The summed E-state index contributed by atoms with van der Waals surface area (Å²) in [6, 6.07) is 10.1. The van der Waals surface area contributed by atoms with Gasteiger partial charge in [0.05, 0.1) is 39.3 Å². The molecule has 0 saturated heterocycles. The van der Waals surface area contributed by atoms with Crippen molar-refractivity contribution in [3.8, 4) is 17.2 Å². The number of aryl methyl sites for hydroxylation is 2. The monoisotopic (exact) mass is 499 g/mol. The molecule has 0 saturated carbocycles. The highest BCUT2D eigenvalue weighted by atomic mass is 35.5. The number of hydrogen-bond acceptors (Lipinski definition) is 6. The first-order valence-electron chi connectivity index (χ1n) is 11.0. The Hall–Kier alpha value is -3.72. The lowest BCUT2D eigenvalue weighted by Crippen LogP contribution is -2.36. The summed E-state index contributed by atoms with van der Waals surface area (Å²) in [5.41, 5.74) is 3.84. The molecular formula is C25H30ClN5O4. The van der Waals surface area contributed by atoms with Crippen molar-refractivity contribution in [2.75, 3.05) is 26.6 Å². The number of rotatable bonds is 8. The molecule has 1 aromatic heterocycles. The average Bonchev–Trinajstić information content (AvgIpc) is 3.14. The van der Waals surface area contributed by atoms with Crippen LogP contribution in [0.5, 0.6) is 17.2 Å². The molecule has 10 heteroatoms. The second kappa shape index (κ2) is 11.6. The quantitative estimate of drug-likeness (QED) is 0.347. The lowest BCUT2D eigenvalue weighted by Gasteiger charge is -2.15. The molecule has 0 fully saturated rings. The predicted molar refractivity (Wildman–Crippen MR) is 137 cm³/mol. The molecule has 0 aliphatic rings. The minimum absolute atomic E-state index is 0.230. The number of guanidine groups is 1. The third-order valence-electron chi connectivity index (χ3n) is 5.52. The topological polar surface area (TPSA) is 99.0 Å². The number of halogens is 1. The zero-order valence-electron chi connectivity index (χ0n) is 20.7. The van der Waals surface area contributed by atoms with Crippen LogP contribution in [0, 0.1) is 13.8 Å². The Morgan fingerprint density at radius 2 is 1.71 bits per heavy atom. The average molecular weight is 500 g/mol. The van der Waals surface area contributed by atoms with E-state index in [1.165, 1.54) is 14.2 Å². The fourth-order valence-corrected chi connectivity index (χ4v) is 3.77. The van der Waals surface area contributed by atoms with Crippen LogP contribution in [0.1, 0.15) is 34.2 Å². The molecule has 9 nitrogen and oxygen atoms in total. The van der Waals surface area contributed by atoms with Gasteiger partial charge in [-0.25, -0.2) is 4.99 Å². The SMILES string of the molecule is CCn1nc(C)c(CN=C(NC(=O)c2ccc(OC)c(OC)c2)Nc2cc(Cl)ccc2OC)c1C. The Labute approximate surface area is 210 Å². The highest BCUT2D eigenvalue weighted by Gasteiger charge is 2.16. The van der Waals surface area contributed by atoms with Crippen LogP contribution in [0.15, 0.2) is 41.4 Å². The number of nitrogens with one attached hydrogen (secondary N) is 2. The molecule has 35 heavy (non-hydrogen) atoms. The number of ether oxygens (including phenoxy) is 3. The maximum atomic E-state index is 13.1. The Bertz CT molecular complexity index is 1240. The van der Waals surface area contributed by atoms with Crippen LogP contribution in [0.25, 0.3) is 0 Å². The summed E-state index contributed by atoms with van der Waals surface area (Å²) < 4.78 is 17.9. The van der Waals surface area contributed by atoms with Crippen LogP contribution in [0.4, 0.5) is 5.69 Å². The van der Waals surface area contributed by atoms with Crippen molar-refractivity contribution in [2.24, 2.45) is 4.99 Å². The van der Waals surface area contributed by atoms with Crippen molar-refractivity contribution in [2.45, 2.75) is 33.9 Å². The lowest BCUT2D eigenvalue weighted by atomic mass is 10.2. The van der Waals surface area contributed by atoms with E-state index in [0.29, 0.717) is 40.1 Å². The minimum Gasteiger partial charge on any atom is -0.495 e. The van der Waals surface area contributed by atoms with E-state index in [0.717, 1.165) is 23.5 Å². The van der Waals surface area contributed by atoms with Gasteiger partial charge in [-0.3, -0.25) is 14.8 Å². The number of methoxy groups -OCH3 is 3. The number of aliphatic imine (C=N–C) groups is 1.